The zero-order valence-corrected chi connectivity index (χ0v) is 14.5. The van der Waals surface area contributed by atoms with Crippen molar-refractivity contribution in [3.8, 4) is 0 Å². The van der Waals surface area contributed by atoms with Gasteiger partial charge in [0.2, 0.25) is 0 Å². The molecule has 23 heavy (non-hydrogen) atoms. The Balaban J connectivity index is 2.84. The predicted octanol–water partition coefficient (Wildman–Crippen LogP) is 2.57. The Morgan fingerprint density at radius 1 is 1.39 bits per heavy atom. The number of hydrogen-bond donors (Lipinski definition) is 0. The van der Waals surface area contributed by atoms with Crippen molar-refractivity contribution in [2.75, 3.05) is 13.7 Å². The smallest absolute Gasteiger partial charge is 0.332 e. The summed E-state index contributed by atoms with van der Waals surface area (Å²) in [5, 5.41) is 0.410. The molecule has 0 saturated carbocycles. The van der Waals surface area contributed by atoms with E-state index in [1.807, 2.05) is 6.07 Å². The zero-order chi connectivity index (χ0) is 17.4. The summed E-state index contributed by atoms with van der Waals surface area (Å²) in [5.41, 5.74) is 1.43. The highest BCUT2D eigenvalue weighted by molar-refractivity contribution is 6.29. The summed E-state index contributed by atoms with van der Waals surface area (Å²) in [6.07, 6.45) is 2.75. The number of rotatable bonds is 7. The Labute approximate surface area is 141 Å². The molecule has 7 heteroatoms. The zero-order valence-electron chi connectivity index (χ0n) is 13.7. The van der Waals surface area contributed by atoms with Gasteiger partial charge in [-0.2, -0.15) is 0 Å². The summed E-state index contributed by atoms with van der Waals surface area (Å²) >= 11 is 5.76. The van der Waals surface area contributed by atoms with Crippen LogP contribution in [0.15, 0.2) is 30.1 Å². The van der Waals surface area contributed by atoms with Crippen molar-refractivity contribution >= 4 is 23.5 Å². The largest absolute Gasteiger partial charge is 0.460 e. The van der Waals surface area contributed by atoms with Crippen molar-refractivity contribution in [3.63, 3.8) is 0 Å². The van der Waals surface area contributed by atoms with E-state index in [9.17, 15) is 9.59 Å². The minimum Gasteiger partial charge on any atom is -0.460 e. The lowest BCUT2D eigenvalue weighted by Crippen LogP contribution is -2.23. The Hall–Kier alpha value is -2.08. The van der Waals surface area contributed by atoms with Crippen LogP contribution in [0.4, 0.5) is 0 Å². The lowest BCUT2D eigenvalue weighted by molar-refractivity contribution is -0.143. The van der Waals surface area contributed by atoms with Crippen LogP contribution in [-0.4, -0.2) is 41.6 Å². The number of likely N-dealkylation sites (N-methyl/N-ethyl adjacent to an activating group) is 1. The lowest BCUT2D eigenvalue weighted by atomic mass is 10.2. The van der Waals surface area contributed by atoms with Crippen LogP contribution in [-0.2, 0) is 25.6 Å². The van der Waals surface area contributed by atoms with Gasteiger partial charge in [-0.05, 0) is 25.5 Å². The standard InChI is InChI=1S/C16H21ClN2O4/c1-11(2)23-16(21)7-14(10-22-12(3)20)19(4)9-13-5-6-15(17)18-8-13/h5-8,11H,9-10H2,1-4H3/b14-7+. The molecule has 1 heterocycles. The van der Waals surface area contributed by atoms with Crippen molar-refractivity contribution in [2.24, 2.45) is 0 Å². The van der Waals surface area contributed by atoms with Gasteiger partial charge in [0, 0.05) is 32.8 Å². The van der Waals surface area contributed by atoms with Gasteiger partial charge in [-0.3, -0.25) is 4.79 Å². The SMILES string of the molecule is CC(=O)OC/C(=C\C(=O)OC(C)C)N(C)Cc1ccc(Cl)nc1. The molecule has 0 radical (unpaired) electrons. The highest BCUT2D eigenvalue weighted by Crippen LogP contribution is 2.12. The second kappa shape index (κ2) is 9.15. The summed E-state index contributed by atoms with van der Waals surface area (Å²) in [6.45, 7) is 5.31. The molecule has 0 atom stereocenters. The van der Waals surface area contributed by atoms with E-state index < -0.39 is 11.9 Å². The van der Waals surface area contributed by atoms with Gasteiger partial charge in [-0.15, -0.1) is 0 Å². The van der Waals surface area contributed by atoms with Gasteiger partial charge in [0.05, 0.1) is 11.8 Å². The van der Waals surface area contributed by atoms with Crippen molar-refractivity contribution in [1.29, 1.82) is 0 Å². The Bertz CT molecular complexity index is 570. The molecule has 0 aliphatic rings. The first-order valence-electron chi connectivity index (χ1n) is 7.14. The number of esters is 2. The van der Waals surface area contributed by atoms with Crippen LogP contribution in [0.5, 0.6) is 0 Å². The van der Waals surface area contributed by atoms with E-state index in [0.29, 0.717) is 17.4 Å². The van der Waals surface area contributed by atoms with E-state index in [4.69, 9.17) is 21.1 Å². The van der Waals surface area contributed by atoms with E-state index in [0.717, 1.165) is 5.56 Å². The Morgan fingerprint density at radius 3 is 2.61 bits per heavy atom. The van der Waals surface area contributed by atoms with Crippen molar-refractivity contribution in [1.82, 2.24) is 9.88 Å². The third kappa shape index (κ3) is 7.65. The monoisotopic (exact) mass is 340 g/mol. The second-order valence-electron chi connectivity index (χ2n) is 5.25. The molecule has 0 aliphatic heterocycles. The van der Waals surface area contributed by atoms with Gasteiger partial charge in [-0.1, -0.05) is 17.7 Å². The van der Waals surface area contributed by atoms with Gasteiger partial charge in [-0.25, -0.2) is 9.78 Å². The fourth-order valence-corrected chi connectivity index (χ4v) is 1.83. The second-order valence-corrected chi connectivity index (χ2v) is 5.63. The number of halogens is 1. The van der Waals surface area contributed by atoms with Gasteiger partial charge in [0.25, 0.3) is 0 Å². The maximum atomic E-state index is 11.8. The average Bonchev–Trinajstić information content (AvgIpc) is 2.44. The predicted molar refractivity (Wildman–Crippen MR) is 86.7 cm³/mol. The molecule has 0 fully saturated rings. The van der Waals surface area contributed by atoms with Crippen LogP contribution in [0.3, 0.4) is 0 Å². The lowest BCUT2D eigenvalue weighted by Gasteiger charge is -2.22. The van der Waals surface area contributed by atoms with Gasteiger partial charge in [0.1, 0.15) is 11.8 Å². The summed E-state index contributed by atoms with van der Waals surface area (Å²) in [4.78, 5) is 28.6. The highest BCUT2D eigenvalue weighted by atomic mass is 35.5. The van der Waals surface area contributed by atoms with Gasteiger partial charge in [0.15, 0.2) is 0 Å². The van der Waals surface area contributed by atoms with Gasteiger partial charge >= 0.3 is 11.9 Å². The van der Waals surface area contributed by atoms with Crippen LogP contribution in [0.1, 0.15) is 26.3 Å². The first-order valence-corrected chi connectivity index (χ1v) is 7.52. The number of ether oxygens (including phenoxy) is 2. The van der Waals surface area contributed by atoms with Crippen LogP contribution >= 0.6 is 11.6 Å². The molecule has 0 bridgehead atoms. The molecule has 0 amide bonds. The van der Waals surface area contributed by atoms with Crippen molar-refractivity contribution in [2.45, 2.75) is 33.4 Å². The number of pyridine rings is 1. The first kappa shape index (κ1) is 19.0. The van der Waals surface area contributed by atoms with E-state index >= 15 is 0 Å². The molecule has 1 rings (SSSR count). The number of carbonyl (C=O) groups excluding carboxylic acids is 2. The molecule has 0 N–H and O–H groups in total. The van der Waals surface area contributed by atoms with Crippen LogP contribution in [0, 0.1) is 0 Å². The fraction of sp³-hybridized carbons (Fsp3) is 0.438. The van der Waals surface area contributed by atoms with Gasteiger partial charge < -0.3 is 14.4 Å². The van der Waals surface area contributed by atoms with Crippen LogP contribution in [0.2, 0.25) is 5.15 Å². The summed E-state index contributed by atoms with van der Waals surface area (Å²) in [7, 11) is 1.78. The van der Waals surface area contributed by atoms with E-state index in [2.05, 4.69) is 4.98 Å². The number of nitrogens with zero attached hydrogens (tertiary/aromatic N) is 2. The summed E-state index contributed by atoms with van der Waals surface area (Å²) in [5.74, 6) is -0.905. The maximum Gasteiger partial charge on any atom is 0.332 e. The molecular weight excluding hydrogens is 320 g/mol. The third-order valence-electron chi connectivity index (χ3n) is 2.76. The first-order chi connectivity index (χ1) is 10.8. The molecule has 0 aliphatic carbocycles. The minimum atomic E-state index is -0.483. The summed E-state index contributed by atoms with van der Waals surface area (Å²) < 4.78 is 10.1. The number of carbonyl (C=O) groups is 2. The fourth-order valence-electron chi connectivity index (χ4n) is 1.72. The Morgan fingerprint density at radius 2 is 2.09 bits per heavy atom. The summed E-state index contributed by atoms with van der Waals surface area (Å²) in [6, 6.07) is 3.52. The third-order valence-corrected chi connectivity index (χ3v) is 2.98. The maximum absolute atomic E-state index is 11.8. The minimum absolute atomic E-state index is 0.0138. The quantitative estimate of drug-likeness (QED) is 0.431. The number of hydrogen-bond acceptors (Lipinski definition) is 6. The molecule has 0 saturated heterocycles. The topological polar surface area (TPSA) is 68.7 Å². The molecular formula is C16H21ClN2O4. The molecule has 1 aromatic rings. The van der Waals surface area contributed by atoms with E-state index in [1.54, 1.807) is 38.1 Å². The van der Waals surface area contributed by atoms with Crippen molar-refractivity contribution < 1.29 is 19.1 Å². The molecule has 0 unspecified atom stereocenters. The molecule has 1 aromatic heterocycles. The van der Waals surface area contributed by atoms with Crippen LogP contribution in [0.25, 0.3) is 0 Å². The molecule has 0 spiro atoms. The van der Waals surface area contributed by atoms with E-state index in [-0.39, 0.29) is 12.7 Å². The van der Waals surface area contributed by atoms with Crippen LogP contribution < -0.4 is 0 Å². The Kier molecular flexibility index (Phi) is 7.54. The van der Waals surface area contributed by atoms with E-state index in [1.165, 1.54) is 13.0 Å². The molecule has 6 nitrogen and oxygen atoms in total. The average molecular weight is 341 g/mol. The molecule has 126 valence electrons. The van der Waals surface area contributed by atoms with Crippen molar-refractivity contribution in [3.05, 3.63) is 40.8 Å². The molecule has 0 aromatic carbocycles. The normalized spacial score (nSPS) is 11.3. The number of aromatic nitrogens is 1. The highest BCUT2D eigenvalue weighted by Gasteiger charge is 2.12.